The Kier molecular flexibility index (Phi) is 4.50. The monoisotopic (exact) mass is 290 g/mol. The van der Waals surface area contributed by atoms with E-state index in [0.29, 0.717) is 18.0 Å². The summed E-state index contributed by atoms with van der Waals surface area (Å²) in [5.41, 5.74) is 0.635. The van der Waals surface area contributed by atoms with Crippen LogP contribution in [0.3, 0.4) is 0 Å². The van der Waals surface area contributed by atoms with E-state index in [9.17, 15) is 14.9 Å². The number of aromatic nitrogens is 2. The number of carbonyl (C=O) groups excluding carboxylic acids is 1. The number of nitrogens with one attached hydrogen (secondary N) is 1. The van der Waals surface area contributed by atoms with E-state index < -0.39 is 4.92 Å². The SMILES string of the molecule is COc1cccc(NC(=O)CCn2cnc([N+](=O)[O-])c2)c1. The maximum atomic E-state index is 11.8. The third-order valence-corrected chi connectivity index (χ3v) is 2.76. The van der Waals surface area contributed by atoms with E-state index in [0.717, 1.165) is 0 Å². The highest BCUT2D eigenvalue weighted by Crippen LogP contribution is 2.16. The summed E-state index contributed by atoms with van der Waals surface area (Å²) in [5.74, 6) is 0.223. The summed E-state index contributed by atoms with van der Waals surface area (Å²) in [6.45, 7) is 0.316. The second kappa shape index (κ2) is 6.51. The largest absolute Gasteiger partial charge is 0.497 e. The molecule has 2 aromatic rings. The number of ether oxygens (including phenoxy) is 1. The van der Waals surface area contributed by atoms with Gasteiger partial charge < -0.3 is 24.7 Å². The van der Waals surface area contributed by atoms with Gasteiger partial charge in [-0.2, -0.15) is 0 Å². The number of benzene rings is 1. The summed E-state index contributed by atoms with van der Waals surface area (Å²) in [6, 6.07) is 7.01. The van der Waals surface area contributed by atoms with E-state index in [1.54, 1.807) is 31.4 Å². The highest BCUT2D eigenvalue weighted by molar-refractivity contribution is 5.90. The Labute approximate surface area is 120 Å². The molecule has 0 atom stereocenters. The molecule has 1 N–H and O–H groups in total. The maximum Gasteiger partial charge on any atom is 0.381 e. The summed E-state index contributed by atoms with van der Waals surface area (Å²) in [6.07, 6.45) is 2.81. The van der Waals surface area contributed by atoms with Gasteiger partial charge >= 0.3 is 5.82 Å². The van der Waals surface area contributed by atoms with Crippen LogP contribution in [0.1, 0.15) is 6.42 Å². The maximum absolute atomic E-state index is 11.8. The Balaban J connectivity index is 1.87. The van der Waals surface area contributed by atoms with Gasteiger partial charge in [-0.05, 0) is 22.0 Å². The van der Waals surface area contributed by atoms with Crippen LogP contribution in [0.15, 0.2) is 36.8 Å². The molecule has 110 valence electrons. The van der Waals surface area contributed by atoms with Gasteiger partial charge in [0.2, 0.25) is 12.2 Å². The van der Waals surface area contributed by atoms with Crippen molar-refractivity contribution in [3.63, 3.8) is 0 Å². The Morgan fingerprint density at radius 1 is 1.52 bits per heavy atom. The van der Waals surface area contributed by atoms with Crippen LogP contribution in [-0.4, -0.2) is 27.5 Å². The summed E-state index contributed by atoms with van der Waals surface area (Å²) >= 11 is 0. The van der Waals surface area contributed by atoms with Crippen molar-refractivity contribution in [3.05, 3.63) is 46.9 Å². The first-order chi connectivity index (χ1) is 10.1. The zero-order valence-corrected chi connectivity index (χ0v) is 11.4. The first-order valence-electron chi connectivity index (χ1n) is 6.18. The molecule has 8 nitrogen and oxygen atoms in total. The molecule has 1 heterocycles. The minimum absolute atomic E-state index is 0.185. The minimum Gasteiger partial charge on any atom is -0.497 e. The lowest BCUT2D eigenvalue weighted by Gasteiger charge is -2.06. The smallest absolute Gasteiger partial charge is 0.381 e. The van der Waals surface area contributed by atoms with Gasteiger partial charge in [-0.1, -0.05) is 6.07 Å². The van der Waals surface area contributed by atoms with Gasteiger partial charge in [0, 0.05) is 24.7 Å². The molecular weight excluding hydrogens is 276 g/mol. The highest BCUT2D eigenvalue weighted by atomic mass is 16.6. The first kappa shape index (κ1) is 14.5. The zero-order valence-electron chi connectivity index (χ0n) is 11.4. The number of imidazole rings is 1. The summed E-state index contributed by atoms with van der Waals surface area (Å²) in [7, 11) is 1.55. The molecule has 0 fully saturated rings. The van der Waals surface area contributed by atoms with Crippen molar-refractivity contribution < 1.29 is 14.5 Å². The zero-order chi connectivity index (χ0) is 15.2. The average Bonchev–Trinajstić information content (AvgIpc) is 2.94. The molecule has 8 heteroatoms. The molecule has 0 unspecified atom stereocenters. The number of nitrogens with zero attached hydrogens (tertiary/aromatic N) is 3. The fraction of sp³-hybridized carbons (Fsp3) is 0.231. The molecule has 2 rings (SSSR count). The number of hydrogen-bond acceptors (Lipinski definition) is 5. The van der Waals surface area contributed by atoms with Gasteiger partial charge in [0.05, 0.1) is 7.11 Å². The molecule has 0 aliphatic heterocycles. The van der Waals surface area contributed by atoms with Crippen molar-refractivity contribution in [3.8, 4) is 5.75 Å². The summed E-state index contributed by atoms with van der Waals surface area (Å²) in [5, 5.41) is 13.2. The van der Waals surface area contributed by atoms with Gasteiger partial charge in [-0.25, -0.2) is 0 Å². The molecule has 1 aromatic carbocycles. The summed E-state index contributed by atoms with van der Waals surface area (Å²) < 4.78 is 6.57. The average molecular weight is 290 g/mol. The topological polar surface area (TPSA) is 99.3 Å². The number of hydrogen-bond donors (Lipinski definition) is 1. The fourth-order valence-electron chi connectivity index (χ4n) is 1.72. The van der Waals surface area contributed by atoms with Crippen LogP contribution in [0.4, 0.5) is 11.5 Å². The summed E-state index contributed by atoms with van der Waals surface area (Å²) in [4.78, 5) is 25.3. The number of aryl methyl sites for hydroxylation is 1. The van der Waals surface area contributed by atoms with Crippen molar-refractivity contribution in [2.75, 3.05) is 12.4 Å². The molecule has 1 aromatic heterocycles. The highest BCUT2D eigenvalue weighted by Gasteiger charge is 2.10. The van der Waals surface area contributed by atoms with Gasteiger partial charge in [0.25, 0.3) is 0 Å². The van der Waals surface area contributed by atoms with Crippen LogP contribution in [0.5, 0.6) is 5.75 Å². The van der Waals surface area contributed by atoms with Gasteiger partial charge in [0.15, 0.2) is 0 Å². The van der Waals surface area contributed by atoms with Crippen LogP contribution in [0.25, 0.3) is 0 Å². The Morgan fingerprint density at radius 2 is 2.33 bits per heavy atom. The second-order valence-electron chi connectivity index (χ2n) is 4.26. The third kappa shape index (κ3) is 4.03. The van der Waals surface area contributed by atoms with E-state index in [1.165, 1.54) is 17.1 Å². The number of nitro groups is 1. The molecule has 0 saturated heterocycles. The van der Waals surface area contributed by atoms with E-state index >= 15 is 0 Å². The predicted molar refractivity (Wildman–Crippen MR) is 75.1 cm³/mol. The second-order valence-corrected chi connectivity index (χ2v) is 4.26. The molecular formula is C13H14N4O4. The molecule has 1 amide bonds. The van der Waals surface area contributed by atoms with E-state index in [2.05, 4.69) is 10.3 Å². The number of methoxy groups -OCH3 is 1. The van der Waals surface area contributed by atoms with E-state index in [-0.39, 0.29) is 18.1 Å². The minimum atomic E-state index is -0.577. The van der Waals surface area contributed by atoms with Crippen LogP contribution in [-0.2, 0) is 11.3 Å². The van der Waals surface area contributed by atoms with Crippen molar-refractivity contribution in [1.82, 2.24) is 9.55 Å². The van der Waals surface area contributed by atoms with Gasteiger partial charge in [-0.3, -0.25) is 4.79 Å². The van der Waals surface area contributed by atoms with Crippen LogP contribution in [0, 0.1) is 10.1 Å². The Morgan fingerprint density at radius 3 is 3.00 bits per heavy atom. The number of rotatable bonds is 6. The number of amides is 1. The lowest BCUT2D eigenvalue weighted by Crippen LogP contribution is -2.14. The van der Waals surface area contributed by atoms with Gasteiger partial charge in [-0.15, -0.1) is 0 Å². The Bertz CT molecular complexity index is 653. The molecule has 0 saturated carbocycles. The van der Waals surface area contributed by atoms with Crippen molar-refractivity contribution in [2.24, 2.45) is 0 Å². The van der Waals surface area contributed by atoms with Gasteiger partial charge in [0.1, 0.15) is 11.9 Å². The normalized spacial score (nSPS) is 10.1. The number of carbonyl (C=O) groups is 1. The van der Waals surface area contributed by atoms with E-state index in [4.69, 9.17) is 4.74 Å². The molecule has 0 aliphatic rings. The van der Waals surface area contributed by atoms with Crippen molar-refractivity contribution in [2.45, 2.75) is 13.0 Å². The number of anilines is 1. The third-order valence-electron chi connectivity index (χ3n) is 2.76. The van der Waals surface area contributed by atoms with E-state index in [1.807, 2.05) is 0 Å². The molecule has 21 heavy (non-hydrogen) atoms. The van der Waals surface area contributed by atoms with Crippen LogP contribution < -0.4 is 10.1 Å². The standard InChI is InChI=1S/C13H14N4O4/c1-21-11-4-2-3-10(7-11)15-13(18)5-6-16-8-12(14-9-16)17(19)20/h2-4,7-9H,5-6H2,1H3,(H,15,18). The molecule has 0 radical (unpaired) electrons. The quantitative estimate of drug-likeness (QED) is 0.646. The van der Waals surface area contributed by atoms with Crippen LogP contribution >= 0.6 is 0 Å². The first-order valence-corrected chi connectivity index (χ1v) is 6.18. The Hall–Kier alpha value is -2.90. The predicted octanol–water partition coefficient (Wildman–Crippen LogP) is 1.83. The molecule has 0 bridgehead atoms. The van der Waals surface area contributed by atoms with Crippen molar-refractivity contribution >= 4 is 17.4 Å². The molecule has 0 aliphatic carbocycles. The fourth-order valence-corrected chi connectivity index (χ4v) is 1.72. The van der Waals surface area contributed by atoms with Crippen LogP contribution in [0.2, 0.25) is 0 Å². The lowest BCUT2D eigenvalue weighted by molar-refractivity contribution is -0.389. The van der Waals surface area contributed by atoms with Crippen molar-refractivity contribution in [1.29, 1.82) is 0 Å². The molecule has 0 spiro atoms. The lowest BCUT2D eigenvalue weighted by atomic mass is 10.3.